The van der Waals surface area contributed by atoms with Crippen molar-refractivity contribution >= 4 is 0 Å². The van der Waals surface area contributed by atoms with Gasteiger partial charge < -0.3 is 5.32 Å². The minimum Gasteiger partial charge on any atom is -0.316 e. The lowest BCUT2D eigenvalue weighted by atomic mass is 9.53. The molecule has 0 saturated carbocycles. The van der Waals surface area contributed by atoms with Crippen molar-refractivity contribution in [3.05, 3.63) is 71.3 Å². The molecule has 33 heavy (non-hydrogen) atoms. The minimum atomic E-state index is 0.136. The van der Waals surface area contributed by atoms with Crippen molar-refractivity contribution in [3.63, 3.8) is 0 Å². The van der Waals surface area contributed by atoms with Gasteiger partial charge in [-0.05, 0) is 70.1 Å². The molecular formula is C32H51N. The van der Waals surface area contributed by atoms with Crippen LogP contribution in [0.3, 0.4) is 0 Å². The van der Waals surface area contributed by atoms with Gasteiger partial charge in [0.1, 0.15) is 0 Å². The molecule has 1 nitrogen and oxygen atoms in total. The van der Waals surface area contributed by atoms with Crippen LogP contribution in [0.4, 0.5) is 0 Å². The van der Waals surface area contributed by atoms with E-state index in [-0.39, 0.29) is 21.7 Å². The van der Waals surface area contributed by atoms with Gasteiger partial charge in [0.25, 0.3) is 0 Å². The van der Waals surface area contributed by atoms with E-state index in [0.717, 1.165) is 6.54 Å². The van der Waals surface area contributed by atoms with Crippen molar-refractivity contribution in [3.8, 4) is 0 Å². The summed E-state index contributed by atoms with van der Waals surface area (Å²) in [6, 6.07) is 20.6. The number of hydrogen-bond donors (Lipinski definition) is 1. The predicted octanol–water partition coefficient (Wildman–Crippen LogP) is 9.20. The van der Waals surface area contributed by atoms with Gasteiger partial charge in [-0.25, -0.2) is 0 Å². The third-order valence-corrected chi connectivity index (χ3v) is 8.16. The van der Waals surface area contributed by atoms with E-state index in [2.05, 4.69) is 129 Å². The van der Waals surface area contributed by atoms with Crippen LogP contribution in [-0.4, -0.2) is 7.05 Å². The molecule has 0 spiro atoms. The van der Waals surface area contributed by atoms with Crippen LogP contribution in [0.1, 0.15) is 111 Å². The van der Waals surface area contributed by atoms with Gasteiger partial charge in [-0.1, -0.05) is 124 Å². The van der Waals surface area contributed by atoms with Crippen molar-refractivity contribution in [2.45, 2.75) is 100 Å². The van der Waals surface area contributed by atoms with Crippen LogP contribution in [0.25, 0.3) is 0 Å². The molecule has 0 radical (unpaired) electrons. The topological polar surface area (TPSA) is 12.0 Å². The summed E-state index contributed by atoms with van der Waals surface area (Å²) in [6.07, 6.45) is 2.36. The summed E-state index contributed by atoms with van der Waals surface area (Å²) >= 11 is 0. The second kappa shape index (κ2) is 10.3. The molecule has 0 aliphatic carbocycles. The van der Waals surface area contributed by atoms with Crippen LogP contribution in [0, 0.1) is 21.7 Å². The normalized spacial score (nSPS) is 15.4. The molecule has 0 fully saturated rings. The lowest BCUT2D eigenvalue weighted by Crippen LogP contribution is -2.41. The second-order valence-corrected chi connectivity index (χ2v) is 13.7. The summed E-state index contributed by atoms with van der Waals surface area (Å²) in [4.78, 5) is 0. The van der Waals surface area contributed by atoms with E-state index in [1.165, 1.54) is 29.5 Å². The highest BCUT2D eigenvalue weighted by Gasteiger charge is 2.47. The molecule has 0 aromatic heterocycles. The Hall–Kier alpha value is -1.60. The van der Waals surface area contributed by atoms with E-state index < -0.39 is 0 Å². The van der Waals surface area contributed by atoms with Crippen LogP contribution in [-0.2, 0) is 6.54 Å². The molecule has 0 amide bonds. The molecule has 0 saturated heterocycles. The van der Waals surface area contributed by atoms with Crippen LogP contribution in [0.15, 0.2) is 54.6 Å². The van der Waals surface area contributed by atoms with Crippen LogP contribution in [0.5, 0.6) is 0 Å². The Morgan fingerprint density at radius 2 is 1.15 bits per heavy atom. The summed E-state index contributed by atoms with van der Waals surface area (Å²) < 4.78 is 0. The third-order valence-electron chi connectivity index (χ3n) is 8.16. The number of nitrogens with one attached hydrogen (secondary N) is 1. The highest BCUT2D eigenvalue weighted by Crippen LogP contribution is 2.57. The maximum absolute atomic E-state index is 3.27. The van der Waals surface area contributed by atoms with Gasteiger partial charge >= 0.3 is 0 Å². The first-order chi connectivity index (χ1) is 15.1. The summed E-state index contributed by atoms with van der Waals surface area (Å²) in [7, 11) is 2.01. The van der Waals surface area contributed by atoms with Crippen LogP contribution >= 0.6 is 0 Å². The molecule has 1 N–H and O–H groups in total. The lowest BCUT2D eigenvalue weighted by Gasteiger charge is -2.51. The van der Waals surface area contributed by atoms with E-state index in [9.17, 15) is 0 Å². The summed E-state index contributed by atoms with van der Waals surface area (Å²) in [5.74, 6) is 1.01. The van der Waals surface area contributed by atoms with Gasteiger partial charge in [-0.2, -0.15) is 0 Å². The average Bonchev–Trinajstić information content (AvgIpc) is 2.70. The monoisotopic (exact) mass is 449 g/mol. The van der Waals surface area contributed by atoms with E-state index in [1.807, 2.05) is 7.05 Å². The molecule has 0 aliphatic heterocycles. The zero-order valence-electron chi connectivity index (χ0n) is 23.5. The van der Waals surface area contributed by atoms with Crippen molar-refractivity contribution in [2.75, 3.05) is 7.05 Å². The summed E-state index contributed by atoms with van der Waals surface area (Å²) in [5, 5.41) is 3.27. The Bertz CT molecular complexity index is 844. The number of hydrogen-bond acceptors (Lipinski definition) is 1. The molecular weight excluding hydrogens is 398 g/mol. The Kier molecular flexibility index (Phi) is 8.67. The van der Waals surface area contributed by atoms with E-state index in [0.29, 0.717) is 11.8 Å². The van der Waals surface area contributed by atoms with Gasteiger partial charge in [-0.15, -0.1) is 0 Å². The molecule has 2 aromatic rings. The van der Waals surface area contributed by atoms with Gasteiger partial charge in [-0.3, -0.25) is 0 Å². The molecule has 2 aromatic carbocycles. The molecule has 2 unspecified atom stereocenters. The molecule has 0 heterocycles. The average molecular weight is 450 g/mol. The fraction of sp³-hybridized carbons (Fsp3) is 0.625. The second-order valence-electron chi connectivity index (χ2n) is 13.7. The van der Waals surface area contributed by atoms with Crippen LogP contribution < -0.4 is 5.32 Å². The van der Waals surface area contributed by atoms with E-state index in [4.69, 9.17) is 0 Å². The first kappa shape index (κ1) is 27.6. The van der Waals surface area contributed by atoms with Gasteiger partial charge in [0.15, 0.2) is 0 Å². The highest BCUT2D eigenvalue weighted by atomic mass is 14.8. The summed E-state index contributed by atoms with van der Waals surface area (Å²) in [5.41, 5.74) is 5.07. The van der Waals surface area contributed by atoms with Crippen molar-refractivity contribution in [1.82, 2.24) is 5.32 Å². The van der Waals surface area contributed by atoms with Gasteiger partial charge in [0, 0.05) is 6.54 Å². The zero-order valence-corrected chi connectivity index (χ0v) is 23.5. The number of rotatable bonds is 9. The van der Waals surface area contributed by atoms with Gasteiger partial charge in [0.05, 0.1) is 0 Å². The molecule has 2 atom stereocenters. The summed E-state index contributed by atoms with van der Waals surface area (Å²) in [6.45, 7) is 25.4. The quantitative estimate of drug-likeness (QED) is 0.402. The standard InChI is InChI=1S/C32H51N/c1-29(2,3)21-28(25-15-13-12-14-16-25)32(9,10)31(7,8)22-27(30(4,5)6)26-19-17-24(18-20-26)23-33-11/h12-20,27-28,33H,21-23H2,1-11H3. The SMILES string of the molecule is CNCc1ccc(C(CC(C)(C)C(C)(C)C(CC(C)(C)C)c2ccccc2)C(C)(C)C)cc1. The van der Waals surface area contributed by atoms with Crippen molar-refractivity contribution in [2.24, 2.45) is 21.7 Å². The van der Waals surface area contributed by atoms with Crippen molar-refractivity contribution in [1.29, 1.82) is 0 Å². The highest BCUT2D eigenvalue weighted by molar-refractivity contribution is 5.28. The Balaban J connectivity index is 2.45. The fourth-order valence-electron chi connectivity index (χ4n) is 5.33. The molecule has 0 aliphatic rings. The third kappa shape index (κ3) is 7.19. The maximum atomic E-state index is 3.27. The Labute approximate surface area is 205 Å². The number of benzene rings is 2. The zero-order chi connectivity index (χ0) is 25.1. The predicted molar refractivity (Wildman–Crippen MR) is 147 cm³/mol. The fourth-order valence-corrected chi connectivity index (χ4v) is 5.33. The molecule has 2 rings (SSSR count). The lowest BCUT2D eigenvalue weighted by molar-refractivity contribution is 0.0305. The van der Waals surface area contributed by atoms with Crippen LogP contribution in [0.2, 0.25) is 0 Å². The Morgan fingerprint density at radius 3 is 1.61 bits per heavy atom. The largest absolute Gasteiger partial charge is 0.316 e. The van der Waals surface area contributed by atoms with E-state index >= 15 is 0 Å². The molecule has 1 heteroatoms. The maximum Gasteiger partial charge on any atom is 0.0202 e. The molecule has 0 bridgehead atoms. The van der Waals surface area contributed by atoms with Crippen molar-refractivity contribution < 1.29 is 0 Å². The van der Waals surface area contributed by atoms with Gasteiger partial charge in [0.2, 0.25) is 0 Å². The first-order valence-electron chi connectivity index (χ1n) is 12.9. The minimum absolute atomic E-state index is 0.136. The molecule has 184 valence electrons. The smallest absolute Gasteiger partial charge is 0.0202 e. The Morgan fingerprint density at radius 1 is 0.636 bits per heavy atom. The first-order valence-corrected chi connectivity index (χ1v) is 12.9. The van der Waals surface area contributed by atoms with E-state index in [1.54, 1.807) is 0 Å².